The normalized spacial score (nSPS) is 25.2. The highest BCUT2D eigenvalue weighted by atomic mass is 16.5. The highest BCUT2D eigenvalue weighted by Gasteiger charge is 2.49. The van der Waals surface area contributed by atoms with Gasteiger partial charge in [0.2, 0.25) is 0 Å². The second kappa shape index (κ2) is 7.44. The highest BCUT2D eigenvalue weighted by molar-refractivity contribution is 5.92. The number of urea groups is 1. The lowest BCUT2D eigenvalue weighted by Crippen LogP contribution is -2.71. The van der Waals surface area contributed by atoms with E-state index in [0.29, 0.717) is 13.1 Å². The number of methoxy groups -OCH3 is 1. The van der Waals surface area contributed by atoms with E-state index in [1.807, 2.05) is 37.3 Å². The van der Waals surface area contributed by atoms with Gasteiger partial charge in [-0.2, -0.15) is 0 Å². The summed E-state index contributed by atoms with van der Waals surface area (Å²) in [6, 6.07) is 9.29. The lowest BCUT2D eigenvalue weighted by Gasteiger charge is -2.52. The van der Waals surface area contributed by atoms with Crippen LogP contribution in [-0.4, -0.2) is 52.8 Å². The number of ether oxygens (including phenoxy) is 1. The number of rotatable bonds is 5. The van der Waals surface area contributed by atoms with Gasteiger partial charge in [-0.25, -0.2) is 14.8 Å². The maximum absolute atomic E-state index is 13.3. The first-order valence-corrected chi connectivity index (χ1v) is 9.06. The molecule has 0 N–H and O–H groups in total. The molecular weight excluding hydrogens is 318 g/mol. The van der Waals surface area contributed by atoms with Crippen molar-refractivity contribution in [3.8, 4) is 0 Å². The number of carbonyl (C=O) groups is 2. The molecule has 0 radical (unpaired) electrons. The number of hydrogen-bond acceptors (Lipinski definition) is 3. The Labute approximate surface area is 149 Å². The number of fused-ring (bicyclic) bond motifs is 1. The molecule has 2 heterocycles. The van der Waals surface area contributed by atoms with Gasteiger partial charge >= 0.3 is 6.03 Å². The summed E-state index contributed by atoms with van der Waals surface area (Å²) < 4.78 is 5.49. The predicted octanol–water partition coefficient (Wildman–Crippen LogP) is 2.85. The molecule has 6 nitrogen and oxygen atoms in total. The van der Waals surface area contributed by atoms with Crippen LogP contribution in [0.25, 0.3) is 0 Å². The van der Waals surface area contributed by atoms with Gasteiger partial charge in [-0.1, -0.05) is 50.6 Å². The molecule has 0 bridgehead atoms. The van der Waals surface area contributed by atoms with Gasteiger partial charge < -0.3 is 9.64 Å². The van der Waals surface area contributed by atoms with Crippen LogP contribution in [0.3, 0.4) is 0 Å². The molecule has 0 saturated carbocycles. The Balaban J connectivity index is 1.95. The van der Waals surface area contributed by atoms with Gasteiger partial charge in [0, 0.05) is 20.2 Å². The first-order valence-electron chi connectivity index (χ1n) is 9.06. The third-order valence-corrected chi connectivity index (χ3v) is 5.29. The Hall–Kier alpha value is -2.08. The van der Waals surface area contributed by atoms with Gasteiger partial charge in [-0.15, -0.1) is 0 Å². The van der Waals surface area contributed by atoms with Crippen LogP contribution in [0.1, 0.15) is 38.7 Å². The smallest absolute Gasteiger partial charge is 0.339 e. The first-order chi connectivity index (χ1) is 12.1. The van der Waals surface area contributed by atoms with Gasteiger partial charge in [0.15, 0.2) is 6.23 Å². The summed E-state index contributed by atoms with van der Waals surface area (Å²) in [5.74, 6) is 0.0539. The van der Waals surface area contributed by atoms with E-state index in [0.717, 1.165) is 24.8 Å². The van der Waals surface area contributed by atoms with Gasteiger partial charge in [0.25, 0.3) is 5.91 Å². The van der Waals surface area contributed by atoms with Crippen molar-refractivity contribution in [2.45, 2.75) is 51.9 Å². The van der Waals surface area contributed by atoms with Gasteiger partial charge in [0.05, 0.1) is 0 Å². The van der Waals surface area contributed by atoms with E-state index in [2.05, 4.69) is 6.92 Å². The Morgan fingerprint density at radius 2 is 1.96 bits per heavy atom. The lowest BCUT2D eigenvalue weighted by atomic mass is 9.94. The van der Waals surface area contributed by atoms with Crippen molar-refractivity contribution in [2.24, 2.45) is 5.92 Å². The number of amides is 3. The molecule has 2 aliphatic rings. The monoisotopic (exact) mass is 345 g/mol. The van der Waals surface area contributed by atoms with Crippen LogP contribution in [-0.2, 0) is 16.1 Å². The fraction of sp³-hybridized carbons (Fsp3) is 0.579. The zero-order valence-electron chi connectivity index (χ0n) is 15.2. The molecule has 3 rings (SSSR count). The molecule has 2 unspecified atom stereocenters. The molecule has 3 amide bonds. The van der Waals surface area contributed by atoms with Crippen LogP contribution in [0.2, 0.25) is 0 Å². The summed E-state index contributed by atoms with van der Waals surface area (Å²) in [4.78, 5) is 28.2. The van der Waals surface area contributed by atoms with Crippen molar-refractivity contribution in [1.29, 1.82) is 0 Å². The molecule has 25 heavy (non-hydrogen) atoms. The van der Waals surface area contributed by atoms with Crippen LogP contribution < -0.4 is 0 Å². The van der Waals surface area contributed by atoms with Crippen molar-refractivity contribution in [3.63, 3.8) is 0 Å². The Morgan fingerprint density at radius 3 is 2.60 bits per heavy atom. The van der Waals surface area contributed by atoms with E-state index >= 15 is 0 Å². The average molecular weight is 345 g/mol. The van der Waals surface area contributed by atoms with Crippen molar-refractivity contribution in [1.82, 2.24) is 14.9 Å². The second-order valence-corrected chi connectivity index (χ2v) is 6.86. The summed E-state index contributed by atoms with van der Waals surface area (Å²) in [6.07, 6.45) is 2.08. The topological polar surface area (TPSA) is 53.1 Å². The van der Waals surface area contributed by atoms with E-state index < -0.39 is 6.04 Å². The molecule has 2 saturated heterocycles. The quantitative estimate of drug-likeness (QED) is 0.824. The van der Waals surface area contributed by atoms with Crippen LogP contribution in [0, 0.1) is 5.92 Å². The van der Waals surface area contributed by atoms with E-state index in [-0.39, 0.29) is 24.1 Å². The maximum atomic E-state index is 13.3. The van der Waals surface area contributed by atoms with Crippen LogP contribution >= 0.6 is 0 Å². The number of hydrazine groups is 1. The zero-order chi connectivity index (χ0) is 18.0. The molecule has 0 aliphatic carbocycles. The van der Waals surface area contributed by atoms with E-state index in [1.54, 1.807) is 22.0 Å². The van der Waals surface area contributed by atoms with Crippen LogP contribution in [0.5, 0.6) is 0 Å². The maximum Gasteiger partial charge on any atom is 0.339 e. The van der Waals surface area contributed by atoms with Crippen molar-refractivity contribution in [2.75, 3.05) is 13.7 Å². The fourth-order valence-corrected chi connectivity index (χ4v) is 3.72. The molecular formula is C19H27N3O3. The van der Waals surface area contributed by atoms with Gasteiger partial charge in [0.1, 0.15) is 6.04 Å². The molecule has 6 heteroatoms. The number of hydrogen-bond donors (Lipinski definition) is 0. The lowest BCUT2D eigenvalue weighted by molar-refractivity contribution is -0.201. The third-order valence-electron chi connectivity index (χ3n) is 5.29. The second-order valence-electron chi connectivity index (χ2n) is 6.86. The molecule has 2 fully saturated rings. The summed E-state index contributed by atoms with van der Waals surface area (Å²) in [7, 11) is 1.60. The van der Waals surface area contributed by atoms with Gasteiger partial charge in [-0.3, -0.25) is 4.79 Å². The van der Waals surface area contributed by atoms with Crippen molar-refractivity contribution < 1.29 is 14.3 Å². The average Bonchev–Trinajstić information content (AvgIpc) is 2.65. The van der Waals surface area contributed by atoms with Gasteiger partial charge in [-0.05, 0) is 24.3 Å². The number of benzene rings is 1. The zero-order valence-corrected chi connectivity index (χ0v) is 15.2. The minimum Gasteiger partial charge on any atom is -0.360 e. The number of nitrogens with zero attached hydrogens (tertiary/aromatic N) is 3. The molecule has 1 aromatic rings. The Kier molecular flexibility index (Phi) is 5.27. The molecule has 0 spiro atoms. The molecule has 1 aromatic carbocycles. The largest absolute Gasteiger partial charge is 0.360 e. The molecule has 2 aliphatic heterocycles. The highest BCUT2D eigenvalue weighted by Crippen LogP contribution is 2.31. The summed E-state index contributed by atoms with van der Waals surface area (Å²) in [5.41, 5.74) is 1.03. The van der Waals surface area contributed by atoms with Crippen molar-refractivity contribution in [3.05, 3.63) is 35.9 Å². The summed E-state index contributed by atoms with van der Waals surface area (Å²) >= 11 is 0. The summed E-state index contributed by atoms with van der Waals surface area (Å²) in [6.45, 7) is 5.10. The van der Waals surface area contributed by atoms with E-state index in [1.165, 1.54) is 0 Å². The van der Waals surface area contributed by atoms with E-state index in [4.69, 9.17) is 4.74 Å². The van der Waals surface area contributed by atoms with Crippen LogP contribution in [0.4, 0.5) is 4.79 Å². The van der Waals surface area contributed by atoms with Crippen molar-refractivity contribution >= 4 is 11.9 Å². The molecule has 3 atom stereocenters. The minimum atomic E-state index is -0.454. The van der Waals surface area contributed by atoms with E-state index in [9.17, 15) is 9.59 Å². The predicted molar refractivity (Wildman–Crippen MR) is 94.2 cm³/mol. The molecule has 136 valence electrons. The number of carbonyl (C=O) groups excluding carboxylic acids is 2. The fourth-order valence-electron chi connectivity index (χ4n) is 3.72. The summed E-state index contributed by atoms with van der Waals surface area (Å²) in [5, 5.41) is 3.13. The Morgan fingerprint density at radius 1 is 1.24 bits per heavy atom. The third kappa shape index (κ3) is 3.23. The SMILES string of the molecule is CCC(C)[C@H]1C(=O)N2C(OC)CCCN2C(=O)N1Cc1ccccc1. The Bertz CT molecular complexity index is 622. The standard InChI is InChI=1S/C19H27N3O3/c1-4-14(2)17-18(23)22-16(25-3)11-8-12-21(22)19(24)20(17)13-15-9-6-5-7-10-15/h5-7,9-10,14,16-17H,4,8,11-13H2,1-3H3/t14?,16?,17-/m0/s1. The minimum absolute atomic E-state index is 0.0311. The molecule has 0 aromatic heterocycles. The first kappa shape index (κ1) is 17.7. The van der Waals surface area contributed by atoms with Crippen LogP contribution in [0.15, 0.2) is 30.3 Å².